The Labute approximate surface area is 119 Å². The smallest absolute Gasteiger partial charge is 0.167 e. The van der Waals surface area contributed by atoms with Gasteiger partial charge in [0, 0.05) is 18.1 Å². The van der Waals surface area contributed by atoms with Crippen LogP contribution < -0.4 is 4.74 Å². The zero-order chi connectivity index (χ0) is 14.7. The summed E-state index contributed by atoms with van der Waals surface area (Å²) in [7, 11) is 1.47. The van der Waals surface area contributed by atoms with Crippen LogP contribution in [0.5, 0.6) is 5.75 Å². The van der Waals surface area contributed by atoms with Gasteiger partial charge in [0.2, 0.25) is 0 Å². The average Bonchev–Trinajstić information content (AvgIpc) is 2.41. The maximum atomic E-state index is 13.5. The van der Waals surface area contributed by atoms with E-state index in [0.717, 1.165) is 12.1 Å². The molecule has 0 aliphatic carbocycles. The molecule has 0 saturated carbocycles. The van der Waals surface area contributed by atoms with Crippen LogP contribution in [0.3, 0.4) is 0 Å². The van der Waals surface area contributed by atoms with Gasteiger partial charge in [-0.05, 0) is 29.8 Å². The number of carbonyl (C=O) groups is 1. The van der Waals surface area contributed by atoms with Crippen molar-refractivity contribution < 1.29 is 18.3 Å². The van der Waals surface area contributed by atoms with E-state index in [-0.39, 0.29) is 17.8 Å². The third kappa shape index (κ3) is 3.14. The monoisotopic (exact) mass is 296 g/mol. The third-order valence-electron chi connectivity index (χ3n) is 2.84. The summed E-state index contributed by atoms with van der Waals surface area (Å²) in [6.45, 7) is 0. The number of ketones is 1. The summed E-state index contributed by atoms with van der Waals surface area (Å²) in [5.74, 6) is -1.26. The zero-order valence-electron chi connectivity index (χ0n) is 10.6. The largest absolute Gasteiger partial charge is 0.495 e. The van der Waals surface area contributed by atoms with Crippen molar-refractivity contribution in [1.29, 1.82) is 0 Å². The van der Waals surface area contributed by atoms with Gasteiger partial charge in [-0.2, -0.15) is 0 Å². The topological polar surface area (TPSA) is 26.3 Å². The van der Waals surface area contributed by atoms with Crippen LogP contribution in [-0.4, -0.2) is 12.9 Å². The first-order valence-corrected chi connectivity index (χ1v) is 6.19. The van der Waals surface area contributed by atoms with Gasteiger partial charge in [0.05, 0.1) is 12.1 Å². The Balaban J connectivity index is 2.21. The van der Waals surface area contributed by atoms with Crippen molar-refractivity contribution in [2.45, 2.75) is 6.42 Å². The number of hydrogen-bond acceptors (Lipinski definition) is 2. The first-order chi connectivity index (χ1) is 9.51. The minimum atomic E-state index is -0.738. The Morgan fingerprint density at radius 2 is 1.95 bits per heavy atom. The predicted octanol–water partition coefficient (Wildman–Crippen LogP) is 4.05. The van der Waals surface area contributed by atoms with Crippen molar-refractivity contribution in [2.75, 3.05) is 7.11 Å². The minimum Gasteiger partial charge on any atom is -0.495 e. The Kier molecular flexibility index (Phi) is 4.35. The van der Waals surface area contributed by atoms with Gasteiger partial charge in [-0.1, -0.05) is 17.7 Å². The molecule has 0 unspecified atom stereocenters. The van der Waals surface area contributed by atoms with Crippen molar-refractivity contribution in [3.63, 3.8) is 0 Å². The first-order valence-electron chi connectivity index (χ1n) is 5.82. The van der Waals surface area contributed by atoms with E-state index in [9.17, 15) is 13.6 Å². The van der Waals surface area contributed by atoms with Crippen LogP contribution in [-0.2, 0) is 6.42 Å². The zero-order valence-corrected chi connectivity index (χ0v) is 11.4. The highest BCUT2D eigenvalue weighted by molar-refractivity contribution is 6.32. The van der Waals surface area contributed by atoms with E-state index < -0.39 is 11.6 Å². The summed E-state index contributed by atoms with van der Waals surface area (Å²) in [6, 6.07) is 7.71. The van der Waals surface area contributed by atoms with Crippen LogP contribution in [0.15, 0.2) is 36.4 Å². The molecule has 0 atom stereocenters. The summed E-state index contributed by atoms with van der Waals surface area (Å²) in [6.07, 6.45) is -0.158. The molecule has 2 nitrogen and oxygen atoms in total. The van der Waals surface area contributed by atoms with Crippen molar-refractivity contribution >= 4 is 17.4 Å². The van der Waals surface area contributed by atoms with E-state index in [1.165, 1.54) is 19.2 Å². The Morgan fingerprint density at radius 3 is 2.55 bits per heavy atom. The number of Topliss-reactive ketones (excluding diaryl/α,β-unsaturated/α-hetero) is 1. The van der Waals surface area contributed by atoms with Gasteiger partial charge < -0.3 is 4.74 Å². The molecule has 0 amide bonds. The lowest BCUT2D eigenvalue weighted by molar-refractivity contribution is 0.0991. The summed E-state index contributed by atoms with van der Waals surface area (Å²) in [5, 5.41) is 0.304. The van der Waals surface area contributed by atoms with Gasteiger partial charge in [-0.3, -0.25) is 4.79 Å². The number of benzene rings is 2. The molecule has 0 spiro atoms. The number of rotatable bonds is 4. The van der Waals surface area contributed by atoms with Crippen LogP contribution in [0.4, 0.5) is 8.78 Å². The molecule has 0 aliphatic rings. The van der Waals surface area contributed by atoms with Gasteiger partial charge in [0.15, 0.2) is 5.78 Å². The summed E-state index contributed by atoms with van der Waals surface area (Å²) < 4.78 is 31.3. The van der Waals surface area contributed by atoms with Gasteiger partial charge in [0.25, 0.3) is 0 Å². The molecule has 2 aromatic rings. The number of ether oxygens (including phenoxy) is 1. The molecule has 0 heterocycles. The Morgan fingerprint density at radius 1 is 1.20 bits per heavy atom. The van der Waals surface area contributed by atoms with E-state index in [2.05, 4.69) is 0 Å². The number of carbonyl (C=O) groups excluding carboxylic acids is 1. The highest BCUT2D eigenvalue weighted by Crippen LogP contribution is 2.25. The molecule has 0 fully saturated rings. The molecule has 2 rings (SSSR count). The van der Waals surface area contributed by atoms with Crippen LogP contribution >= 0.6 is 11.6 Å². The Hall–Kier alpha value is -1.94. The summed E-state index contributed by atoms with van der Waals surface area (Å²) >= 11 is 5.93. The normalized spacial score (nSPS) is 10.4. The van der Waals surface area contributed by atoms with Gasteiger partial charge in [-0.15, -0.1) is 0 Å². The summed E-state index contributed by atoms with van der Waals surface area (Å²) in [4.78, 5) is 12.0. The minimum absolute atomic E-state index is 0.142. The molecule has 104 valence electrons. The molecule has 0 radical (unpaired) electrons. The molecule has 0 aromatic heterocycles. The molecule has 20 heavy (non-hydrogen) atoms. The second-order valence-corrected chi connectivity index (χ2v) is 4.59. The van der Waals surface area contributed by atoms with Crippen LogP contribution in [0.25, 0.3) is 0 Å². The standard InChI is InChI=1S/C15H11ClF2O2/c1-20-15-5-3-10(6-12(15)16)14(19)7-9-2-4-11(17)8-13(9)18/h2-6,8H,7H2,1H3. The van der Waals surface area contributed by atoms with Crippen LogP contribution in [0.1, 0.15) is 15.9 Å². The van der Waals surface area contributed by atoms with E-state index in [1.807, 2.05) is 0 Å². The molecule has 5 heteroatoms. The molecule has 0 saturated heterocycles. The van der Waals surface area contributed by atoms with Gasteiger partial charge in [0.1, 0.15) is 17.4 Å². The van der Waals surface area contributed by atoms with Crippen molar-refractivity contribution in [3.8, 4) is 5.75 Å². The highest BCUT2D eigenvalue weighted by Gasteiger charge is 2.13. The van der Waals surface area contributed by atoms with Crippen LogP contribution in [0, 0.1) is 11.6 Å². The van der Waals surface area contributed by atoms with Gasteiger partial charge in [-0.25, -0.2) is 8.78 Å². The predicted molar refractivity (Wildman–Crippen MR) is 72.4 cm³/mol. The SMILES string of the molecule is COc1ccc(C(=O)Cc2ccc(F)cc2F)cc1Cl. The van der Waals surface area contributed by atoms with E-state index >= 15 is 0 Å². The fourth-order valence-corrected chi connectivity index (χ4v) is 2.04. The lowest BCUT2D eigenvalue weighted by atomic mass is 10.0. The number of methoxy groups -OCH3 is 1. The number of halogens is 3. The molecule has 0 aliphatic heterocycles. The quantitative estimate of drug-likeness (QED) is 0.796. The maximum absolute atomic E-state index is 13.5. The molecular formula is C15H11ClF2O2. The second-order valence-electron chi connectivity index (χ2n) is 4.19. The molecular weight excluding hydrogens is 286 g/mol. The van der Waals surface area contributed by atoms with Crippen LogP contribution in [0.2, 0.25) is 5.02 Å². The highest BCUT2D eigenvalue weighted by atomic mass is 35.5. The lowest BCUT2D eigenvalue weighted by Gasteiger charge is -2.06. The fraction of sp³-hybridized carbons (Fsp3) is 0.133. The first kappa shape index (κ1) is 14.5. The van der Waals surface area contributed by atoms with Gasteiger partial charge >= 0.3 is 0 Å². The Bertz CT molecular complexity index is 656. The molecule has 0 bridgehead atoms. The summed E-state index contributed by atoms with van der Waals surface area (Å²) in [5.41, 5.74) is 0.489. The lowest BCUT2D eigenvalue weighted by Crippen LogP contribution is -2.05. The number of hydrogen-bond donors (Lipinski definition) is 0. The maximum Gasteiger partial charge on any atom is 0.167 e. The second kappa shape index (κ2) is 6.01. The average molecular weight is 297 g/mol. The van der Waals surface area contributed by atoms with E-state index in [1.54, 1.807) is 12.1 Å². The van der Waals surface area contributed by atoms with E-state index in [0.29, 0.717) is 16.3 Å². The van der Waals surface area contributed by atoms with Crippen molar-refractivity contribution in [2.24, 2.45) is 0 Å². The third-order valence-corrected chi connectivity index (χ3v) is 3.14. The van der Waals surface area contributed by atoms with Crippen molar-refractivity contribution in [3.05, 3.63) is 64.2 Å². The van der Waals surface area contributed by atoms with E-state index in [4.69, 9.17) is 16.3 Å². The molecule has 2 aromatic carbocycles. The van der Waals surface area contributed by atoms with Crippen molar-refractivity contribution in [1.82, 2.24) is 0 Å². The fourth-order valence-electron chi connectivity index (χ4n) is 1.78. The molecule has 0 N–H and O–H groups in total.